The average molecular weight is 306 g/mol. The van der Waals surface area contributed by atoms with E-state index in [2.05, 4.69) is 25.9 Å². The summed E-state index contributed by atoms with van der Waals surface area (Å²) in [5.74, 6) is 0.850. The van der Waals surface area contributed by atoms with Gasteiger partial charge in [-0.05, 0) is 35.0 Å². The molecule has 2 nitrogen and oxygen atoms in total. The van der Waals surface area contributed by atoms with E-state index < -0.39 is 0 Å². The van der Waals surface area contributed by atoms with Crippen LogP contribution in [0.5, 0.6) is 0 Å². The largest absolute Gasteiger partial charge is 0.336 e. The Kier molecular flexibility index (Phi) is 3.05. The molecule has 2 rings (SSSR count). The van der Waals surface area contributed by atoms with Gasteiger partial charge in [0, 0.05) is 5.56 Å². The fraction of sp³-hybridized carbons (Fsp3) is 0.100. The summed E-state index contributed by atoms with van der Waals surface area (Å²) >= 11 is 15.2. The summed E-state index contributed by atoms with van der Waals surface area (Å²) in [6.07, 6.45) is 0. The fourth-order valence-electron chi connectivity index (χ4n) is 1.30. The van der Waals surface area contributed by atoms with E-state index in [1.807, 2.05) is 13.0 Å². The Hall–Kier alpha value is -0.510. The van der Waals surface area contributed by atoms with Gasteiger partial charge >= 0.3 is 0 Å². The number of hydrogen-bond acceptors (Lipinski definition) is 1. The first-order valence-electron chi connectivity index (χ1n) is 4.25. The molecule has 0 saturated heterocycles. The second-order valence-electron chi connectivity index (χ2n) is 3.11. The van der Waals surface area contributed by atoms with E-state index >= 15 is 0 Å². The van der Waals surface area contributed by atoms with E-state index in [4.69, 9.17) is 23.2 Å². The number of aromatic amines is 1. The second-order valence-corrected chi connectivity index (χ2v) is 4.72. The maximum absolute atomic E-state index is 5.94. The lowest BCUT2D eigenvalue weighted by molar-refractivity contribution is 1.14. The third-order valence-electron chi connectivity index (χ3n) is 1.97. The molecule has 0 fully saturated rings. The van der Waals surface area contributed by atoms with Crippen molar-refractivity contribution in [3.63, 3.8) is 0 Å². The van der Waals surface area contributed by atoms with Crippen LogP contribution in [0, 0.1) is 6.92 Å². The standard InChI is InChI=1S/C10H7BrCl2N2/c1-5-14-9(10(11)15-5)6-2-3-7(12)8(13)4-6/h2-4H,1H3,(H,14,15). The van der Waals surface area contributed by atoms with Crippen molar-refractivity contribution in [1.82, 2.24) is 9.97 Å². The minimum absolute atomic E-state index is 0.529. The summed E-state index contributed by atoms with van der Waals surface area (Å²) in [5, 5.41) is 1.07. The Morgan fingerprint density at radius 2 is 2.00 bits per heavy atom. The molecule has 5 heteroatoms. The first-order valence-corrected chi connectivity index (χ1v) is 5.80. The highest BCUT2D eigenvalue weighted by Crippen LogP contribution is 2.31. The number of H-pyrrole nitrogens is 1. The molecular formula is C10H7BrCl2N2. The number of benzene rings is 1. The quantitative estimate of drug-likeness (QED) is 0.828. The molecule has 0 radical (unpaired) electrons. The molecule has 1 aromatic carbocycles. The van der Waals surface area contributed by atoms with Gasteiger partial charge in [0.2, 0.25) is 0 Å². The van der Waals surface area contributed by atoms with Crippen LogP contribution in [0.25, 0.3) is 11.3 Å². The van der Waals surface area contributed by atoms with E-state index in [0.717, 1.165) is 21.7 Å². The van der Waals surface area contributed by atoms with Crippen molar-refractivity contribution in [2.75, 3.05) is 0 Å². The molecule has 78 valence electrons. The summed E-state index contributed by atoms with van der Waals surface area (Å²) in [6.45, 7) is 1.89. The van der Waals surface area contributed by atoms with Gasteiger partial charge in [-0.15, -0.1) is 0 Å². The van der Waals surface area contributed by atoms with Gasteiger partial charge in [0.05, 0.1) is 10.0 Å². The lowest BCUT2D eigenvalue weighted by Gasteiger charge is -2.00. The molecular weight excluding hydrogens is 299 g/mol. The molecule has 0 aliphatic heterocycles. The Morgan fingerprint density at radius 3 is 2.53 bits per heavy atom. The molecule has 0 amide bonds. The lowest BCUT2D eigenvalue weighted by Crippen LogP contribution is -1.80. The maximum atomic E-state index is 5.94. The highest BCUT2D eigenvalue weighted by Gasteiger charge is 2.09. The Bertz CT molecular complexity index is 508. The molecule has 1 aromatic heterocycles. The molecule has 2 aromatic rings. The van der Waals surface area contributed by atoms with Crippen LogP contribution in [-0.2, 0) is 0 Å². The number of imidazole rings is 1. The Balaban J connectivity index is 2.54. The van der Waals surface area contributed by atoms with Crippen molar-refractivity contribution in [3.05, 3.63) is 38.7 Å². The van der Waals surface area contributed by atoms with Crippen LogP contribution >= 0.6 is 39.1 Å². The van der Waals surface area contributed by atoms with Gasteiger partial charge in [-0.3, -0.25) is 0 Å². The molecule has 0 spiro atoms. The first kappa shape index (κ1) is 11.0. The van der Waals surface area contributed by atoms with Gasteiger partial charge in [0.1, 0.15) is 16.1 Å². The van der Waals surface area contributed by atoms with Gasteiger partial charge in [-0.2, -0.15) is 0 Å². The van der Waals surface area contributed by atoms with E-state index in [-0.39, 0.29) is 0 Å². The van der Waals surface area contributed by atoms with Crippen molar-refractivity contribution in [2.45, 2.75) is 6.92 Å². The topological polar surface area (TPSA) is 28.7 Å². The number of aryl methyl sites for hydroxylation is 1. The number of hydrogen-bond donors (Lipinski definition) is 1. The predicted octanol–water partition coefficient (Wildman–Crippen LogP) is 4.45. The SMILES string of the molecule is Cc1nc(-c2ccc(Cl)c(Cl)c2)c(Br)[nH]1. The summed E-state index contributed by atoms with van der Waals surface area (Å²) in [6, 6.07) is 5.44. The molecule has 0 unspecified atom stereocenters. The van der Waals surface area contributed by atoms with Crippen molar-refractivity contribution in [1.29, 1.82) is 0 Å². The van der Waals surface area contributed by atoms with Crippen LogP contribution in [0.3, 0.4) is 0 Å². The maximum Gasteiger partial charge on any atom is 0.110 e. The molecule has 0 aliphatic carbocycles. The Labute approximate surface area is 106 Å². The molecule has 1 heterocycles. The third kappa shape index (κ3) is 2.19. The summed E-state index contributed by atoms with van der Waals surface area (Å²) < 4.78 is 0.846. The molecule has 15 heavy (non-hydrogen) atoms. The summed E-state index contributed by atoms with van der Waals surface area (Å²) in [7, 11) is 0. The van der Waals surface area contributed by atoms with Crippen molar-refractivity contribution in [3.8, 4) is 11.3 Å². The van der Waals surface area contributed by atoms with E-state index in [1.165, 1.54) is 0 Å². The zero-order valence-corrected chi connectivity index (χ0v) is 10.9. The minimum Gasteiger partial charge on any atom is -0.336 e. The number of nitrogens with zero attached hydrogens (tertiary/aromatic N) is 1. The van der Waals surface area contributed by atoms with Gasteiger partial charge in [0.15, 0.2) is 0 Å². The van der Waals surface area contributed by atoms with E-state index in [0.29, 0.717) is 10.0 Å². The van der Waals surface area contributed by atoms with Gasteiger partial charge < -0.3 is 4.98 Å². The van der Waals surface area contributed by atoms with Crippen LogP contribution in [0.2, 0.25) is 10.0 Å². The normalized spacial score (nSPS) is 10.7. The second kappa shape index (κ2) is 4.16. The zero-order chi connectivity index (χ0) is 11.0. The number of rotatable bonds is 1. The summed E-state index contributed by atoms with van der Waals surface area (Å²) in [4.78, 5) is 7.42. The molecule has 1 N–H and O–H groups in total. The number of aromatic nitrogens is 2. The smallest absolute Gasteiger partial charge is 0.110 e. The molecule has 0 aliphatic rings. The van der Waals surface area contributed by atoms with Crippen molar-refractivity contribution in [2.24, 2.45) is 0 Å². The van der Waals surface area contributed by atoms with Crippen LogP contribution in [0.15, 0.2) is 22.8 Å². The highest BCUT2D eigenvalue weighted by molar-refractivity contribution is 9.10. The van der Waals surface area contributed by atoms with Gasteiger partial charge in [-0.25, -0.2) is 4.98 Å². The third-order valence-corrected chi connectivity index (χ3v) is 3.28. The molecule has 0 atom stereocenters. The van der Waals surface area contributed by atoms with Gasteiger partial charge in [0.25, 0.3) is 0 Å². The van der Waals surface area contributed by atoms with Gasteiger partial charge in [-0.1, -0.05) is 29.3 Å². The van der Waals surface area contributed by atoms with Crippen molar-refractivity contribution < 1.29 is 0 Å². The Morgan fingerprint density at radius 1 is 1.27 bits per heavy atom. The van der Waals surface area contributed by atoms with E-state index in [9.17, 15) is 0 Å². The summed E-state index contributed by atoms with van der Waals surface area (Å²) in [5.41, 5.74) is 1.77. The van der Waals surface area contributed by atoms with Crippen LogP contribution in [-0.4, -0.2) is 9.97 Å². The lowest BCUT2D eigenvalue weighted by atomic mass is 10.2. The molecule has 0 saturated carbocycles. The minimum atomic E-state index is 0.529. The predicted molar refractivity (Wildman–Crippen MR) is 66.5 cm³/mol. The van der Waals surface area contributed by atoms with Crippen LogP contribution < -0.4 is 0 Å². The highest BCUT2D eigenvalue weighted by atomic mass is 79.9. The first-order chi connectivity index (χ1) is 7.08. The zero-order valence-electron chi connectivity index (χ0n) is 7.81. The average Bonchev–Trinajstić information content (AvgIpc) is 2.50. The number of nitrogens with one attached hydrogen (secondary N) is 1. The molecule has 0 bridgehead atoms. The van der Waals surface area contributed by atoms with Crippen LogP contribution in [0.1, 0.15) is 5.82 Å². The van der Waals surface area contributed by atoms with Crippen molar-refractivity contribution >= 4 is 39.1 Å². The fourth-order valence-corrected chi connectivity index (χ4v) is 2.20. The monoisotopic (exact) mass is 304 g/mol. The van der Waals surface area contributed by atoms with Crippen LogP contribution in [0.4, 0.5) is 0 Å². The van der Waals surface area contributed by atoms with E-state index in [1.54, 1.807) is 12.1 Å². The number of halogens is 3.